The first-order chi connectivity index (χ1) is 15.2. The number of hydrogen-bond donors (Lipinski definition) is 1. The quantitative estimate of drug-likeness (QED) is 0.430. The Balaban J connectivity index is 2.28. The third-order valence-corrected chi connectivity index (χ3v) is 4.59. The number of hydrogen-bond acceptors (Lipinski definition) is 9. The second kappa shape index (κ2) is 12.2. The molecule has 0 aliphatic carbocycles. The van der Waals surface area contributed by atoms with Crippen LogP contribution < -0.4 is 5.32 Å². The number of carbonyl (C=O) groups excluding carboxylic acids is 4. The molecule has 1 heterocycles. The van der Waals surface area contributed by atoms with Crippen molar-refractivity contribution in [2.45, 2.75) is 64.8 Å². The van der Waals surface area contributed by atoms with E-state index in [0.29, 0.717) is 6.42 Å². The molecule has 0 radical (unpaired) electrons. The van der Waals surface area contributed by atoms with Gasteiger partial charge in [0, 0.05) is 27.7 Å². The van der Waals surface area contributed by atoms with Gasteiger partial charge >= 0.3 is 17.9 Å². The second-order valence-corrected chi connectivity index (χ2v) is 7.33. The van der Waals surface area contributed by atoms with Crippen LogP contribution in [0.3, 0.4) is 0 Å². The third-order valence-electron chi connectivity index (χ3n) is 4.59. The summed E-state index contributed by atoms with van der Waals surface area (Å²) in [4.78, 5) is 46.7. The van der Waals surface area contributed by atoms with E-state index in [1.807, 2.05) is 30.3 Å². The summed E-state index contributed by atoms with van der Waals surface area (Å²) >= 11 is 0. The van der Waals surface area contributed by atoms with E-state index < -0.39 is 54.5 Å². The summed E-state index contributed by atoms with van der Waals surface area (Å²) in [5.74, 6) is -2.30. The lowest BCUT2D eigenvalue weighted by Crippen LogP contribution is -2.66. The molecule has 1 aliphatic rings. The Morgan fingerprint density at radius 1 is 0.906 bits per heavy atom. The highest BCUT2D eigenvalue weighted by Gasteiger charge is 2.51. The summed E-state index contributed by atoms with van der Waals surface area (Å²) in [6, 6.07) is 8.63. The first-order valence-corrected chi connectivity index (χ1v) is 10.2. The van der Waals surface area contributed by atoms with Crippen molar-refractivity contribution in [3.8, 4) is 0 Å². The summed E-state index contributed by atoms with van der Waals surface area (Å²) in [5.41, 5.74) is 1.03. The van der Waals surface area contributed by atoms with Crippen molar-refractivity contribution in [2.75, 3.05) is 13.2 Å². The van der Waals surface area contributed by atoms with Crippen molar-refractivity contribution in [1.82, 2.24) is 5.32 Å². The van der Waals surface area contributed by atoms with Gasteiger partial charge < -0.3 is 29.0 Å². The van der Waals surface area contributed by atoms with Gasteiger partial charge in [-0.3, -0.25) is 19.2 Å². The summed E-state index contributed by atoms with van der Waals surface area (Å²) in [7, 11) is 0. The molecule has 1 aliphatic heterocycles. The van der Waals surface area contributed by atoms with Crippen LogP contribution in [0.4, 0.5) is 0 Å². The highest BCUT2D eigenvalue weighted by atomic mass is 16.7. The Morgan fingerprint density at radius 2 is 1.53 bits per heavy atom. The van der Waals surface area contributed by atoms with E-state index in [-0.39, 0.29) is 13.2 Å². The highest BCUT2D eigenvalue weighted by molar-refractivity contribution is 5.73. The van der Waals surface area contributed by atoms with Crippen molar-refractivity contribution in [3.05, 3.63) is 35.9 Å². The first-order valence-electron chi connectivity index (χ1n) is 10.2. The minimum Gasteiger partial charge on any atom is -0.463 e. The maximum atomic E-state index is 11.9. The molecular weight excluding hydrogens is 422 g/mol. The van der Waals surface area contributed by atoms with E-state index in [4.69, 9.17) is 23.7 Å². The molecule has 1 N–H and O–H groups in total. The summed E-state index contributed by atoms with van der Waals surface area (Å²) < 4.78 is 27.6. The van der Waals surface area contributed by atoms with Gasteiger partial charge in [0.15, 0.2) is 18.5 Å². The summed E-state index contributed by atoms with van der Waals surface area (Å²) in [5, 5.41) is 2.66. The van der Waals surface area contributed by atoms with Crippen molar-refractivity contribution in [2.24, 2.45) is 0 Å². The Bertz CT molecular complexity index is 798. The molecule has 0 spiro atoms. The number of nitrogens with one attached hydrogen (secondary N) is 1. The average Bonchev–Trinajstić information content (AvgIpc) is 2.70. The zero-order valence-electron chi connectivity index (χ0n) is 18.6. The van der Waals surface area contributed by atoms with Gasteiger partial charge in [0.25, 0.3) is 0 Å². The van der Waals surface area contributed by atoms with Gasteiger partial charge in [0.05, 0.1) is 6.61 Å². The minimum absolute atomic E-state index is 0.232. The van der Waals surface area contributed by atoms with E-state index in [1.165, 1.54) is 27.7 Å². The van der Waals surface area contributed by atoms with Gasteiger partial charge in [-0.15, -0.1) is 0 Å². The van der Waals surface area contributed by atoms with Crippen LogP contribution in [0, 0.1) is 0 Å². The number of esters is 3. The maximum absolute atomic E-state index is 11.9. The lowest BCUT2D eigenvalue weighted by molar-refractivity contribution is -0.277. The molecule has 0 bridgehead atoms. The fraction of sp³-hybridized carbons (Fsp3) is 0.545. The van der Waals surface area contributed by atoms with E-state index in [9.17, 15) is 19.2 Å². The van der Waals surface area contributed by atoms with Gasteiger partial charge in [-0.25, -0.2) is 0 Å². The molecule has 1 aromatic carbocycles. The van der Waals surface area contributed by atoms with Gasteiger partial charge in [0.2, 0.25) is 5.91 Å². The molecule has 0 aromatic heterocycles. The zero-order chi connectivity index (χ0) is 23.7. The van der Waals surface area contributed by atoms with E-state index in [0.717, 1.165) is 5.56 Å². The normalized spacial score (nSPS) is 24.8. The number of amides is 1. The van der Waals surface area contributed by atoms with Crippen LogP contribution in [0.5, 0.6) is 0 Å². The van der Waals surface area contributed by atoms with Gasteiger partial charge in [-0.05, 0) is 12.0 Å². The van der Waals surface area contributed by atoms with E-state index >= 15 is 0 Å². The van der Waals surface area contributed by atoms with Crippen molar-refractivity contribution in [3.63, 3.8) is 0 Å². The first kappa shape index (κ1) is 25.3. The maximum Gasteiger partial charge on any atom is 0.303 e. The Morgan fingerprint density at radius 3 is 2.09 bits per heavy atom. The number of ether oxygens (including phenoxy) is 5. The number of benzene rings is 1. The molecule has 10 nitrogen and oxygen atoms in total. The zero-order valence-corrected chi connectivity index (χ0v) is 18.6. The predicted molar refractivity (Wildman–Crippen MR) is 110 cm³/mol. The molecule has 5 atom stereocenters. The SMILES string of the molecule is CC(=O)N[C@H]1[C@@H](OCCc2ccccc2)O[C@@H](COC(C)=O)[C@@H](OC(C)=O)[C@@H]1OC(C)=O. The molecule has 0 saturated carbocycles. The van der Waals surface area contributed by atoms with Crippen LogP contribution in [0.2, 0.25) is 0 Å². The van der Waals surface area contributed by atoms with Crippen molar-refractivity contribution < 1.29 is 42.9 Å². The standard InChI is InChI=1S/C22H29NO9/c1-13(24)23-19-21(31-16(4)27)20(30-15(3)26)18(12-29-14(2)25)32-22(19)28-11-10-17-8-6-5-7-9-17/h5-9,18-22H,10-12H2,1-4H3,(H,23,24)/t18-,19+,20+,21+,22-/m0/s1. The van der Waals surface area contributed by atoms with Gasteiger partial charge in [0.1, 0.15) is 18.8 Å². The Kier molecular flexibility index (Phi) is 9.61. The Hall–Kier alpha value is -2.98. The molecule has 10 heteroatoms. The predicted octanol–water partition coefficient (Wildman–Crippen LogP) is 0.902. The van der Waals surface area contributed by atoms with Gasteiger partial charge in [-0.2, -0.15) is 0 Å². The van der Waals surface area contributed by atoms with Crippen LogP contribution >= 0.6 is 0 Å². The number of rotatable bonds is 9. The number of carbonyl (C=O) groups is 4. The minimum atomic E-state index is -1.14. The lowest BCUT2D eigenvalue weighted by atomic mass is 9.96. The molecule has 1 aromatic rings. The fourth-order valence-electron chi connectivity index (χ4n) is 3.37. The largest absolute Gasteiger partial charge is 0.463 e. The lowest BCUT2D eigenvalue weighted by Gasteiger charge is -2.44. The molecule has 0 unspecified atom stereocenters. The van der Waals surface area contributed by atoms with E-state index in [1.54, 1.807) is 0 Å². The average molecular weight is 451 g/mol. The monoisotopic (exact) mass is 451 g/mol. The summed E-state index contributed by atoms with van der Waals surface area (Å²) in [6.07, 6.45) is -3.75. The van der Waals surface area contributed by atoms with E-state index in [2.05, 4.69) is 5.32 Å². The molecule has 1 fully saturated rings. The van der Waals surface area contributed by atoms with Crippen LogP contribution in [-0.4, -0.2) is 67.7 Å². The van der Waals surface area contributed by atoms with Crippen molar-refractivity contribution in [1.29, 1.82) is 0 Å². The molecule has 2 rings (SSSR count). The van der Waals surface area contributed by atoms with Gasteiger partial charge in [-0.1, -0.05) is 30.3 Å². The molecule has 32 heavy (non-hydrogen) atoms. The van der Waals surface area contributed by atoms with Crippen molar-refractivity contribution >= 4 is 23.8 Å². The molecule has 176 valence electrons. The molecular formula is C22H29NO9. The van der Waals surface area contributed by atoms with Crippen LogP contribution in [0.25, 0.3) is 0 Å². The topological polar surface area (TPSA) is 126 Å². The third kappa shape index (κ3) is 7.93. The Labute approximate surface area is 186 Å². The summed E-state index contributed by atoms with van der Waals surface area (Å²) in [6.45, 7) is 4.85. The highest BCUT2D eigenvalue weighted by Crippen LogP contribution is 2.28. The second-order valence-electron chi connectivity index (χ2n) is 7.33. The smallest absolute Gasteiger partial charge is 0.303 e. The van der Waals surface area contributed by atoms with Crippen LogP contribution in [0.1, 0.15) is 33.3 Å². The van der Waals surface area contributed by atoms with Crippen LogP contribution in [0.15, 0.2) is 30.3 Å². The molecule has 1 amide bonds. The fourth-order valence-corrected chi connectivity index (χ4v) is 3.37. The van der Waals surface area contributed by atoms with Crippen LogP contribution in [-0.2, 0) is 49.3 Å². The molecule has 1 saturated heterocycles.